The van der Waals surface area contributed by atoms with Crippen molar-refractivity contribution in [2.24, 2.45) is 5.92 Å². The third kappa shape index (κ3) is 3.76. The van der Waals surface area contributed by atoms with E-state index in [-0.39, 0.29) is 18.8 Å². The number of hydrogen-bond acceptors (Lipinski definition) is 4. The summed E-state index contributed by atoms with van der Waals surface area (Å²) in [6.07, 6.45) is 4.90. The monoisotopic (exact) mass is 293 g/mol. The summed E-state index contributed by atoms with van der Waals surface area (Å²) in [5, 5.41) is 22.1. The first-order valence-corrected chi connectivity index (χ1v) is 7.87. The van der Waals surface area contributed by atoms with Crippen molar-refractivity contribution in [1.29, 1.82) is 0 Å². The van der Waals surface area contributed by atoms with E-state index in [0.29, 0.717) is 18.9 Å². The molecule has 0 radical (unpaired) electrons. The van der Waals surface area contributed by atoms with Gasteiger partial charge in [-0.15, -0.1) is 0 Å². The molecule has 2 rings (SSSR count). The molecule has 21 heavy (non-hydrogen) atoms. The average molecular weight is 293 g/mol. The minimum absolute atomic E-state index is 0.131. The molecule has 4 nitrogen and oxygen atoms in total. The van der Waals surface area contributed by atoms with Gasteiger partial charge in [-0.1, -0.05) is 24.6 Å². The van der Waals surface area contributed by atoms with Gasteiger partial charge >= 0.3 is 0 Å². The maximum absolute atomic E-state index is 9.69. The van der Waals surface area contributed by atoms with Crippen molar-refractivity contribution in [1.82, 2.24) is 5.32 Å². The number of aliphatic hydroxyl groups excluding tert-OH is 2. The predicted octanol–water partition coefficient (Wildman–Crippen LogP) is 1.74. The summed E-state index contributed by atoms with van der Waals surface area (Å²) < 4.78 is 5.91. The Kier molecular flexibility index (Phi) is 6.03. The van der Waals surface area contributed by atoms with E-state index in [1.807, 2.05) is 31.3 Å². The predicted molar refractivity (Wildman–Crippen MR) is 83.6 cm³/mol. The minimum Gasteiger partial charge on any atom is -0.493 e. The molecule has 1 aliphatic carbocycles. The molecule has 0 aliphatic heterocycles. The second-order valence-corrected chi connectivity index (χ2v) is 5.87. The van der Waals surface area contributed by atoms with E-state index in [9.17, 15) is 5.11 Å². The molecule has 0 aromatic heterocycles. The van der Waals surface area contributed by atoms with E-state index in [1.165, 1.54) is 0 Å². The first kappa shape index (κ1) is 16.3. The summed E-state index contributed by atoms with van der Waals surface area (Å²) in [7, 11) is 1.94. The van der Waals surface area contributed by atoms with Crippen LogP contribution in [0, 0.1) is 5.92 Å². The van der Waals surface area contributed by atoms with Crippen LogP contribution in [0.25, 0.3) is 0 Å². The maximum Gasteiger partial charge on any atom is 0.122 e. The van der Waals surface area contributed by atoms with Crippen LogP contribution in [0.1, 0.15) is 31.2 Å². The Morgan fingerprint density at radius 3 is 2.86 bits per heavy atom. The highest BCUT2D eigenvalue weighted by Gasteiger charge is 2.40. The van der Waals surface area contributed by atoms with Crippen molar-refractivity contribution in [3.05, 3.63) is 29.8 Å². The van der Waals surface area contributed by atoms with Crippen molar-refractivity contribution >= 4 is 0 Å². The zero-order chi connectivity index (χ0) is 15.1. The normalized spacial score (nSPS) is 25.2. The summed E-state index contributed by atoms with van der Waals surface area (Å²) in [5.41, 5.74) is 0.919. The van der Waals surface area contributed by atoms with Crippen LogP contribution < -0.4 is 10.1 Å². The molecule has 1 aromatic carbocycles. The number of benzene rings is 1. The Morgan fingerprint density at radius 2 is 2.14 bits per heavy atom. The van der Waals surface area contributed by atoms with Gasteiger partial charge in [0.15, 0.2) is 0 Å². The molecule has 0 saturated heterocycles. The largest absolute Gasteiger partial charge is 0.493 e. The van der Waals surface area contributed by atoms with Gasteiger partial charge in [0.2, 0.25) is 0 Å². The van der Waals surface area contributed by atoms with Crippen LogP contribution in [0.4, 0.5) is 0 Å². The van der Waals surface area contributed by atoms with E-state index in [4.69, 9.17) is 9.84 Å². The number of ether oxygens (including phenoxy) is 1. The molecule has 2 atom stereocenters. The number of para-hydroxylation sites is 1. The van der Waals surface area contributed by atoms with Gasteiger partial charge < -0.3 is 20.3 Å². The van der Waals surface area contributed by atoms with Gasteiger partial charge in [-0.2, -0.15) is 0 Å². The zero-order valence-electron chi connectivity index (χ0n) is 12.8. The summed E-state index contributed by atoms with van der Waals surface area (Å²) in [6, 6.07) is 7.87. The van der Waals surface area contributed by atoms with Crippen LogP contribution in [0.3, 0.4) is 0 Å². The molecule has 0 spiro atoms. The van der Waals surface area contributed by atoms with Crippen molar-refractivity contribution < 1.29 is 14.9 Å². The Balaban J connectivity index is 1.90. The smallest absolute Gasteiger partial charge is 0.122 e. The van der Waals surface area contributed by atoms with Gasteiger partial charge in [-0.25, -0.2) is 0 Å². The molecular formula is C17H27NO3. The van der Waals surface area contributed by atoms with Crippen molar-refractivity contribution in [3.8, 4) is 5.75 Å². The van der Waals surface area contributed by atoms with Crippen LogP contribution in [-0.2, 0) is 6.42 Å². The second-order valence-electron chi connectivity index (χ2n) is 5.87. The highest BCUT2D eigenvalue weighted by molar-refractivity contribution is 5.33. The topological polar surface area (TPSA) is 61.7 Å². The number of likely N-dealkylation sites (N-methyl/N-ethyl adjacent to an activating group) is 1. The van der Waals surface area contributed by atoms with E-state index in [1.54, 1.807) is 0 Å². The number of rotatable bonds is 8. The molecule has 3 N–H and O–H groups in total. The van der Waals surface area contributed by atoms with E-state index >= 15 is 0 Å². The fraction of sp³-hybridized carbons (Fsp3) is 0.647. The Bertz CT molecular complexity index is 432. The molecule has 0 heterocycles. The van der Waals surface area contributed by atoms with E-state index < -0.39 is 0 Å². The second kappa shape index (κ2) is 7.78. The minimum atomic E-state index is -0.131. The summed E-state index contributed by atoms with van der Waals surface area (Å²) in [6.45, 7) is 0.974. The zero-order valence-corrected chi connectivity index (χ0v) is 12.8. The number of hydrogen-bond donors (Lipinski definition) is 3. The van der Waals surface area contributed by atoms with Crippen LogP contribution in [-0.4, -0.2) is 42.6 Å². The number of aliphatic hydroxyl groups is 2. The van der Waals surface area contributed by atoms with E-state index in [2.05, 4.69) is 5.32 Å². The summed E-state index contributed by atoms with van der Waals surface area (Å²) in [4.78, 5) is 0. The lowest BCUT2D eigenvalue weighted by molar-refractivity contribution is 0.117. The van der Waals surface area contributed by atoms with Crippen LogP contribution in [0.15, 0.2) is 24.3 Å². The molecule has 1 aromatic rings. The third-order valence-corrected chi connectivity index (χ3v) is 4.81. The third-order valence-electron chi connectivity index (χ3n) is 4.81. The molecule has 4 heteroatoms. The van der Waals surface area contributed by atoms with Gasteiger partial charge in [0.05, 0.1) is 13.2 Å². The Labute approximate surface area is 127 Å². The van der Waals surface area contributed by atoms with Gasteiger partial charge in [0.25, 0.3) is 0 Å². The fourth-order valence-electron chi connectivity index (χ4n) is 3.46. The van der Waals surface area contributed by atoms with Crippen LogP contribution in [0.5, 0.6) is 5.75 Å². The molecule has 0 amide bonds. The van der Waals surface area contributed by atoms with Gasteiger partial charge in [-0.05, 0) is 50.3 Å². The molecular weight excluding hydrogens is 266 g/mol. The van der Waals surface area contributed by atoms with Gasteiger partial charge in [0.1, 0.15) is 5.75 Å². The fourth-order valence-corrected chi connectivity index (χ4v) is 3.46. The van der Waals surface area contributed by atoms with Crippen molar-refractivity contribution in [2.75, 3.05) is 26.9 Å². The molecule has 1 aliphatic rings. The van der Waals surface area contributed by atoms with Crippen LogP contribution in [0.2, 0.25) is 0 Å². The lowest BCUT2D eigenvalue weighted by atomic mass is 9.86. The first-order valence-electron chi connectivity index (χ1n) is 7.87. The molecule has 118 valence electrons. The summed E-state index contributed by atoms with van der Waals surface area (Å²) in [5.74, 6) is 1.32. The molecule has 1 saturated carbocycles. The van der Waals surface area contributed by atoms with Crippen LogP contribution >= 0.6 is 0 Å². The SMILES string of the molecule is CNC1(CO)CCCC1CCOc1ccccc1CCO. The molecule has 0 bridgehead atoms. The lowest BCUT2D eigenvalue weighted by Gasteiger charge is -2.33. The first-order chi connectivity index (χ1) is 10.3. The van der Waals surface area contributed by atoms with Gasteiger partial charge in [-0.3, -0.25) is 0 Å². The highest BCUT2D eigenvalue weighted by atomic mass is 16.5. The average Bonchev–Trinajstić information content (AvgIpc) is 2.93. The van der Waals surface area contributed by atoms with Crippen molar-refractivity contribution in [2.45, 2.75) is 37.6 Å². The summed E-state index contributed by atoms with van der Waals surface area (Å²) >= 11 is 0. The van der Waals surface area contributed by atoms with Crippen molar-refractivity contribution in [3.63, 3.8) is 0 Å². The number of nitrogens with one attached hydrogen (secondary N) is 1. The lowest BCUT2D eigenvalue weighted by Crippen LogP contribution is -2.49. The Hall–Kier alpha value is -1.10. The molecule has 1 fully saturated rings. The Morgan fingerprint density at radius 1 is 1.33 bits per heavy atom. The standard InChI is InChI=1S/C17H27NO3/c1-18-17(13-20)10-4-6-15(17)9-12-21-16-7-3-2-5-14(16)8-11-19/h2-3,5,7,15,18-20H,4,6,8-13H2,1H3. The maximum atomic E-state index is 9.69. The highest BCUT2D eigenvalue weighted by Crippen LogP contribution is 2.37. The molecule has 2 unspecified atom stereocenters. The van der Waals surface area contributed by atoms with Gasteiger partial charge in [0, 0.05) is 12.1 Å². The quantitative estimate of drug-likeness (QED) is 0.683. The van der Waals surface area contributed by atoms with E-state index in [0.717, 1.165) is 37.0 Å².